The Hall–Kier alpha value is 0.0500. The second-order valence-corrected chi connectivity index (χ2v) is 6.32. The summed E-state index contributed by atoms with van der Waals surface area (Å²) in [7, 11) is 0. The minimum absolute atomic E-state index is 0.226. The lowest BCUT2D eigenvalue weighted by Gasteiger charge is -2.33. The summed E-state index contributed by atoms with van der Waals surface area (Å²) in [5.41, 5.74) is 0.723. The maximum atomic E-state index is 6.32. The molecule has 0 N–H and O–H groups in total. The van der Waals surface area contributed by atoms with Crippen molar-refractivity contribution in [1.82, 2.24) is 0 Å². The molecule has 1 saturated heterocycles. The third-order valence-electron chi connectivity index (χ3n) is 3.90. The van der Waals surface area contributed by atoms with Crippen LogP contribution in [0.4, 0.5) is 0 Å². The van der Waals surface area contributed by atoms with Gasteiger partial charge in [0.15, 0.2) is 0 Å². The van der Waals surface area contributed by atoms with Crippen LogP contribution in [-0.4, -0.2) is 24.0 Å². The summed E-state index contributed by atoms with van der Waals surface area (Å²) < 4.78 is 5.92. The van der Waals surface area contributed by atoms with Crippen molar-refractivity contribution in [2.45, 2.75) is 43.8 Å². The number of alkyl halides is 2. The maximum absolute atomic E-state index is 6.32. The van der Waals surface area contributed by atoms with Crippen LogP contribution in [0, 0.1) is 0 Å². The normalized spacial score (nSPS) is 23.8. The van der Waals surface area contributed by atoms with Gasteiger partial charge >= 0.3 is 0 Å². The molecule has 0 saturated carbocycles. The topological polar surface area (TPSA) is 9.23 Å². The minimum Gasteiger partial charge on any atom is -0.375 e. The van der Waals surface area contributed by atoms with Crippen molar-refractivity contribution in [2.24, 2.45) is 0 Å². The third kappa shape index (κ3) is 3.39. The Kier molecular flexibility index (Phi) is 5.42. The second kappa shape index (κ2) is 6.67. The van der Waals surface area contributed by atoms with Crippen molar-refractivity contribution in [1.29, 1.82) is 0 Å². The zero-order chi connectivity index (χ0) is 13.9. The van der Waals surface area contributed by atoms with Gasteiger partial charge in [0.2, 0.25) is 0 Å². The highest BCUT2D eigenvalue weighted by Gasteiger charge is 2.37. The summed E-state index contributed by atoms with van der Waals surface area (Å²) in [5.74, 6) is 0.906. The van der Waals surface area contributed by atoms with Crippen molar-refractivity contribution in [3.05, 3.63) is 34.9 Å². The van der Waals surface area contributed by atoms with Crippen molar-refractivity contribution < 1.29 is 4.74 Å². The fourth-order valence-corrected chi connectivity index (χ4v) is 3.89. The summed E-state index contributed by atoms with van der Waals surface area (Å²) in [6.07, 6.45) is 3.56. The summed E-state index contributed by atoms with van der Waals surface area (Å²) in [5, 5.41) is 0.731. The molecular formula is C15H19Cl3O. The van der Waals surface area contributed by atoms with E-state index in [1.165, 1.54) is 0 Å². The molecule has 2 atom stereocenters. The lowest BCUT2D eigenvalue weighted by atomic mass is 9.78. The standard InChI is InChI=1S/C15H19Cl3O/c1-11-6-7-12(19-11)8-15(9-16,10-17)13-4-2-3-5-14(13)18/h2-5,11-12H,6-10H2,1H3. The van der Waals surface area contributed by atoms with Crippen molar-refractivity contribution in [3.8, 4) is 0 Å². The van der Waals surface area contributed by atoms with Crippen LogP contribution in [-0.2, 0) is 10.2 Å². The fraction of sp³-hybridized carbons (Fsp3) is 0.600. The predicted octanol–water partition coefficient (Wildman–Crippen LogP) is 5.01. The zero-order valence-corrected chi connectivity index (χ0v) is 13.3. The number of ether oxygens (including phenoxy) is 1. The van der Waals surface area contributed by atoms with Crippen LogP contribution in [0.5, 0.6) is 0 Å². The molecule has 0 aliphatic carbocycles. The van der Waals surface area contributed by atoms with E-state index in [0.717, 1.165) is 29.8 Å². The molecule has 2 unspecified atom stereocenters. The number of benzene rings is 1. The highest BCUT2D eigenvalue weighted by molar-refractivity contribution is 6.32. The van der Waals surface area contributed by atoms with Gasteiger partial charge in [-0.25, -0.2) is 0 Å². The monoisotopic (exact) mass is 320 g/mol. The first-order valence-electron chi connectivity index (χ1n) is 6.64. The van der Waals surface area contributed by atoms with Gasteiger partial charge in [-0.05, 0) is 37.8 Å². The molecule has 0 amide bonds. The van der Waals surface area contributed by atoms with Gasteiger partial charge in [-0.15, -0.1) is 23.2 Å². The van der Waals surface area contributed by atoms with Gasteiger partial charge in [0.1, 0.15) is 0 Å². The molecule has 1 heterocycles. The van der Waals surface area contributed by atoms with Crippen LogP contribution in [0.1, 0.15) is 31.7 Å². The van der Waals surface area contributed by atoms with E-state index in [-0.39, 0.29) is 11.5 Å². The van der Waals surface area contributed by atoms with Gasteiger partial charge in [-0.3, -0.25) is 0 Å². The van der Waals surface area contributed by atoms with Crippen molar-refractivity contribution >= 4 is 34.8 Å². The average Bonchev–Trinajstić information content (AvgIpc) is 2.82. The molecule has 0 bridgehead atoms. The molecule has 0 aromatic heterocycles. The van der Waals surface area contributed by atoms with Crippen molar-refractivity contribution in [3.63, 3.8) is 0 Å². The Morgan fingerprint density at radius 3 is 2.42 bits per heavy atom. The highest BCUT2D eigenvalue weighted by atomic mass is 35.5. The van der Waals surface area contributed by atoms with E-state index in [4.69, 9.17) is 39.5 Å². The summed E-state index contributed by atoms with van der Waals surface area (Å²) in [6, 6.07) is 7.81. The molecule has 1 nitrogen and oxygen atoms in total. The van der Waals surface area contributed by atoms with Gasteiger partial charge in [0.05, 0.1) is 12.2 Å². The summed E-state index contributed by atoms with van der Waals surface area (Å²) in [6.45, 7) is 2.11. The molecule has 1 aliphatic heterocycles. The number of hydrogen-bond donors (Lipinski definition) is 0. The first-order chi connectivity index (χ1) is 9.11. The smallest absolute Gasteiger partial charge is 0.0589 e. The molecule has 1 aromatic carbocycles. The average molecular weight is 322 g/mol. The lowest BCUT2D eigenvalue weighted by Crippen LogP contribution is -2.35. The van der Waals surface area contributed by atoms with Crippen molar-refractivity contribution in [2.75, 3.05) is 11.8 Å². The van der Waals surface area contributed by atoms with Crippen LogP contribution in [0.15, 0.2) is 24.3 Å². The molecule has 1 aromatic rings. The summed E-state index contributed by atoms with van der Waals surface area (Å²) >= 11 is 18.8. The molecule has 1 aliphatic rings. The largest absolute Gasteiger partial charge is 0.375 e. The number of rotatable bonds is 5. The third-order valence-corrected chi connectivity index (χ3v) is 5.25. The van der Waals surface area contributed by atoms with E-state index in [1.54, 1.807) is 0 Å². The first kappa shape index (κ1) is 15.4. The lowest BCUT2D eigenvalue weighted by molar-refractivity contribution is 0.0401. The van der Waals surface area contributed by atoms with E-state index >= 15 is 0 Å². The summed E-state index contributed by atoms with van der Waals surface area (Å²) in [4.78, 5) is 0. The van der Waals surface area contributed by atoms with Crippen LogP contribution >= 0.6 is 34.8 Å². The molecule has 0 spiro atoms. The molecule has 2 rings (SSSR count). The number of hydrogen-bond acceptors (Lipinski definition) is 1. The number of halogens is 3. The van der Waals surface area contributed by atoms with Gasteiger partial charge in [-0.1, -0.05) is 29.8 Å². The van der Waals surface area contributed by atoms with Gasteiger partial charge in [0.25, 0.3) is 0 Å². The molecule has 4 heteroatoms. The molecule has 0 radical (unpaired) electrons. The highest BCUT2D eigenvalue weighted by Crippen LogP contribution is 2.39. The Bertz CT molecular complexity index is 418. The van der Waals surface area contributed by atoms with Gasteiger partial charge in [0, 0.05) is 22.2 Å². The molecule has 106 valence electrons. The van der Waals surface area contributed by atoms with Gasteiger partial charge in [-0.2, -0.15) is 0 Å². The molecular weight excluding hydrogens is 303 g/mol. The second-order valence-electron chi connectivity index (χ2n) is 5.38. The Morgan fingerprint density at radius 2 is 1.89 bits per heavy atom. The maximum Gasteiger partial charge on any atom is 0.0589 e. The molecule has 1 fully saturated rings. The van der Waals surface area contributed by atoms with E-state index in [0.29, 0.717) is 17.9 Å². The Morgan fingerprint density at radius 1 is 1.21 bits per heavy atom. The van der Waals surface area contributed by atoms with E-state index in [9.17, 15) is 0 Å². The van der Waals surface area contributed by atoms with Crippen LogP contribution in [0.2, 0.25) is 5.02 Å². The minimum atomic E-state index is -0.309. The predicted molar refractivity (Wildman–Crippen MR) is 82.8 cm³/mol. The SMILES string of the molecule is CC1CCC(CC(CCl)(CCl)c2ccccc2Cl)O1. The molecule has 19 heavy (non-hydrogen) atoms. The Balaban J connectivity index is 2.25. The zero-order valence-electron chi connectivity index (χ0n) is 11.0. The van der Waals surface area contributed by atoms with Gasteiger partial charge < -0.3 is 4.74 Å². The van der Waals surface area contributed by atoms with E-state index < -0.39 is 0 Å². The first-order valence-corrected chi connectivity index (χ1v) is 8.08. The van der Waals surface area contributed by atoms with Crippen LogP contribution in [0.3, 0.4) is 0 Å². The Labute approximate surface area is 130 Å². The van der Waals surface area contributed by atoms with E-state index in [2.05, 4.69) is 6.92 Å². The quantitative estimate of drug-likeness (QED) is 0.692. The van der Waals surface area contributed by atoms with E-state index in [1.807, 2.05) is 24.3 Å². The van der Waals surface area contributed by atoms with Crippen LogP contribution < -0.4 is 0 Å². The fourth-order valence-electron chi connectivity index (χ4n) is 2.76. The van der Waals surface area contributed by atoms with Crippen LogP contribution in [0.25, 0.3) is 0 Å².